The molecular formula is C15H22N2O3. The Morgan fingerprint density at radius 2 is 2.15 bits per heavy atom. The van der Waals surface area contributed by atoms with E-state index < -0.39 is 0 Å². The Balaban J connectivity index is 2.07. The van der Waals surface area contributed by atoms with Crippen molar-refractivity contribution in [3.8, 4) is 0 Å². The Hall–Kier alpha value is -1.75. The van der Waals surface area contributed by atoms with Crippen molar-refractivity contribution in [3.63, 3.8) is 0 Å². The van der Waals surface area contributed by atoms with Gasteiger partial charge in [-0.15, -0.1) is 0 Å². The summed E-state index contributed by atoms with van der Waals surface area (Å²) in [5, 5.41) is 3.33. The van der Waals surface area contributed by atoms with E-state index in [0.29, 0.717) is 16.9 Å². The summed E-state index contributed by atoms with van der Waals surface area (Å²) in [7, 11) is 3.09. The molecule has 1 aromatic rings. The molecule has 0 aromatic heterocycles. The van der Waals surface area contributed by atoms with Gasteiger partial charge in [0.2, 0.25) is 0 Å². The van der Waals surface area contributed by atoms with Crippen LogP contribution in [0.1, 0.15) is 29.6 Å². The number of hydrogen-bond acceptors (Lipinski definition) is 5. The molecule has 1 fully saturated rings. The quantitative estimate of drug-likeness (QED) is 0.591. The highest BCUT2D eigenvalue weighted by molar-refractivity contribution is 5.98. The average molecular weight is 278 g/mol. The largest absolute Gasteiger partial charge is 0.465 e. The van der Waals surface area contributed by atoms with Crippen molar-refractivity contribution < 1.29 is 14.3 Å². The first-order valence-corrected chi connectivity index (χ1v) is 6.81. The van der Waals surface area contributed by atoms with E-state index in [1.165, 1.54) is 20.0 Å². The minimum absolute atomic E-state index is 0.283. The number of esters is 1. The molecule has 0 unspecified atom stereocenters. The number of para-hydroxylation sites is 1. The summed E-state index contributed by atoms with van der Waals surface area (Å²) in [5.41, 5.74) is 7.97. The van der Waals surface area contributed by atoms with Crippen LogP contribution in [0.5, 0.6) is 0 Å². The van der Waals surface area contributed by atoms with Gasteiger partial charge < -0.3 is 20.5 Å². The van der Waals surface area contributed by atoms with Crippen LogP contribution in [0.25, 0.3) is 0 Å². The molecule has 1 aliphatic carbocycles. The molecule has 3 N–H and O–H groups in total. The molecular weight excluding hydrogens is 256 g/mol. The molecule has 0 saturated heterocycles. The van der Waals surface area contributed by atoms with Gasteiger partial charge in [-0.2, -0.15) is 0 Å². The summed E-state index contributed by atoms with van der Waals surface area (Å²) in [6.45, 7) is 1.56. The summed E-state index contributed by atoms with van der Waals surface area (Å²) in [6.07, 6.45) is 3.39. The van der Waals surface area contributed by atoms with Crippen LogP contribution in [0.3, 0.4) is 0 Å². The molecule has 0 spiro atoms. The van der Waals surface area contributed by atoms with Crippen molar-refractivity contribution in [1.29, 1.82) is 0 Å². The number of carbonyl (C=O) groups is 1. The van der Waals surface area contributed by atoms with Crippen molar-refractivity contribution >= 4 is 17.3 Å². The van der Waals surface area contributed by atoms with Crippen LogP contribution >= 0.6 is 0 Å². The predicted octanol–water partition coefficient (Wildman–Crippen LogP) is 2.28. The lowest BCUT2D eigenvalue weighted by molar-refractivity contribution is 0.0602. The van der Waals surface area contributed by atoms with E-state index in [9.17, 15) is 4.79 Å². The highest BCUT2D eigenvalue weighted by Crippen LogP contribution is 2.49. The maximum atomic E-state index is 11.8. The van der Waals surface area contributed by atoms with Gasteiger partial charge in [0.1, 0.15) is 0 Å². The molecule has 5 heteroatoms. The van der Waals surface area contributed by atoms with E-state index in [4.69, 9.17) is 15.2 Å². The van der Waals surface area contributed by atoms with Crippen LogP contribution in [0.2, 0.25) is 0 Å². The molecule has 0 bridgehead atoms. The maximum Gasteiger partial charge on any atom is 0.340 e. The van der Waals surface area contributed by atoms with Gasteiger partial charge in [-0.05, 0) is 36.8 Å². The number of anilines is 2. The first-order valence-electron chi connectivity index (χ1n) is 6.81. The first kappa shape index (κ1) is 14.7. The average Bonchev–Trinajstić information content (AvgIpc) is 3.23. The second kappa shape index (κ2) is 6.13. The van der Waals surface area contributed by atoms with Gasteiger partial charge in [0, 0.05) is 20.3 Å². The van der Waals surface area contributed by atoms with Crippen molar-refractivity contribution in [2.75, 3.05) is 38.4 Å². The molecule has 1 saturated carbocycles. The fourth-order valence-corrected chi connectivity index (χ4v) is 2.33. The van der Waals surface area contributed by atoms with Gasteiger partial charge in [0.25, 0.3) is 0 Å². The van der Waals surface area contributed by atoms with Crippen LogP contribution in [0.4, 0.5) is 11.4 Å². The highest BCUT2D eigenvalue weighted by atomic mass is 16.5. The standard InChI is InChI=1S/C15H22N2O3/c1-19-9-8-15(6-7-15)10-17-13-11(14(18)20-2)4-3-5-12(13)16/h3-5,17H,6-10,16H2,1-2H3. The topological polar surface area (TPSA) is 73.6 Å². The molecule has 0 atom stereocenters. The van der Waals surface area contributed by atoms with Gasteiger partial charge in [0.15, 0.2) is 0 Å². The number of hydrogen-bond donors (Lipinski definition) is 2. The van der Waals surface area contributed by atoms with E-state index >= 15 is 0 Å². The van der Waals surface area contributed by atoms with E-state index in [0.717, 1.165) is 19.6 Å². The number of nitrogen functional groups attached to an aromatic ring is 1. The van der Waals surface area contributed by atoms with E-state index in [-0.39, 0.29) is 11.4 Å². The minimum Gasteiger partial charge on any atom is -0.465 e. The molecule has 5 nitrogen and oxygen atoms in total. The zero-order valence-corrected chi connectivity index (χ0v) is 12.1. The second-order valence-corrected chi connectivity index (χ2v) is 5.36. The molecule has 1 aromatic carbocycles. The Kier molecular flexibility index (Phi) is 4.49. The van der Waals surface area contributed by atoms with Crippen LogP contribution in [-0.4, -0.2) is 33.3 Å². The number of nitrogens with one attached hydrogen (secondary N) is 1. The van der Waals surface area contributed by atoms with Gasteiger partial charge >= 0.3 is 5.97 Å². The van der Waals surface area contributed by atoms with E-state index in [2.05, 4.69) is 5.32 Å². The summed E-state index contributed by atoms with van der Waals surface area (Å²) in [6, 6.07) is 5.26. The van der Waals surface area contributed by atoms with Crippen LogP contribution < -0.4 is 11.1 Å². The smallest absolute Gasteiger partial charge is 0.340 e. The summed E-state index contributed by atoms with van der Waals surface area (Å²) in [4.78, 5) is 11.8. The van der Waals surface area contributed by atoms with Crippen molar-refractivity contribution in [1.82, 2.24) is 0 Å². The van der Waals surface area contributed by atoms with Gasteiger partial charge in [-0.25, -0.2) is 4.79 Å². The minimum atomic E-state index is -0.374. The molecule has 1 aliphatic rings. The highest BCUT2D eigenvalue weighted by Gasteiger charge is 2.41. The van der Waals surface area contributed by atoms with E-state index in [1.54, 1.807) is 25.3 Å². The zero-order valence-electron chi connectivity index (χ0n) is 12.1. The maximum absolute atomic E-state index is 11.8. The van der Waals surface area contributed by atoms with Crippen LogP contribution in [0, 0.1) is 5.41 Å². The molecule has 2 rings (SSSR count). The number of methoxy groups -OCH3 is 2. The molecule has 0 aliphatic heterocycles. The molecule has 0 amide bonds. The Morgan fingerprint density at radius 3 is 2.75 bits per heavy atom. The molecule has 110 valence electrons. The predicted molar refractivity (Wildman–Crippen MR) is 78.8 cm³/mol. The lowest BCUT2D eigenvalue weighted by Crippen LogP contribution is -2.19. The number of nitrogens with two attached hydrogens (primary N) is 1. The second-order valence-electron chi connectivity index (χ2n) is 5.36. The Bertz CT molecular complexity index is 484. The summed E-state index contributed by atoms with van der Waals surface area (Å²) >= 11 is 0. The molecule has 0 heterocycles. The van der Waals surface area contributed by atoms with Gasteiger partial charge in [-0.1, -0.05) is 6.07 Å². The molecule has 0 radical (unpaired) electrons. The van der Waals surface area contributed by atoms with Crippen molar-refractivity contribution in [3.05, 3.63) is 23.8 Å². The van der Waals surface area contributed by atoms with Crippen molar-refractivity contribution in [2.45, 2.75) is 19.3 Å². The summed E-state index contributed by atoms with van der Waals surface area (Å²) < 4.78 is 9.94. The monoisotopic (exact) mass is 278 g/mol. The fourth-order valence-electron chi connectivity index (χ4n) is 2.33. The Morgan fingerprint density at radius 1 is 1.40 bits per heavy atom. The number of benzene rings is 1. The number of rotatable bonds is 7. The van der Waals surface area contributed by atoms with Crippen LogP contribution in [0.15, 0.2) is 18.2 Å². The Labute approximate surface area is 119 Å². The normalized spacial score (nSPS) is 15.7. The fraction of sp³-hybridized carbons (Fsp3) is 0.533. The van der Waals surface area contributed by atoms with Gasteiger partial charge in [-0.3, -0.25) is 0 Å². The third-order valence-corrected chi connectivity index (χ3v) is 3.94. The third-order valence-electron chi connectivity index (χ3n) is 3.94. The van der Waals surface area contributed by atoms with Crippen LogP contribution in [-0.2, 0) is 9.47 Å². The zero-order chi connectivity index (χ0) is 14.6. The van der Waals surface area contributed by atoms with E-state index in [1.807, 2.05) is 0 Å². The number of carbonyl (C=O) groups excluding carboxylic acids is 1. The SMILES string of the molecule is COCCC1(CNc2c(N)cccc2C(=O)OC)CC1. The third kappa shape index (κ3) is 3.22. The molecule has 20 heavy (non-hydrogen) atoms. The first-order chi connectivity index (χ1) is 9.62. The lowest BCUT2D eigenvalue weighted by atomic mass is 10.0. The van der Waals surface area contributed by atoms with Crippen molar-refractivity contribution in [2.24, 2.45) is 5.41 Å². The number of ether oxygens (including phenoxy) is 2. The lowest BCUT2D eigenvalue weighted by Gasteiger charge is -2.19. The van der Waals surface area contributed by atoms with Gasteiger partial charge in [0.05, 0.1) is 24.0 Å². The summed E-state index contributed by atoms with van der Waals surface area (Å²) in [5.74, 6) is -0.374.